The third-order valence-corrected chi connectivity index (χ3v) is 2.58. The molecule has 102 valence electrons. The van der Waals surface area contributed by atoms with E-state index >= 15 is 0 Å². The molecule has 0 radical (unpaired) electrons. The van der Waals surface area contributed by atoms with Crippen LogP contribution in [0.15, 0.2) is 53.1 Å². The molecule has 3 N–H and O–H groups in total. The second kappa shape index (κ2) is 5.88. The lowest BCUT2D eigenvalue weighted by atomic mass is 10.0. The molecule has 0 fully saturated rings. The Labute approximate surface area is 115 Å². The molecule has 2 aromatic carbocycles. The highest BCUT2D eigenvalue weighted by atomic mass is 16.4. The molecule has 0 aliphatic heterocycles. The largest absolute Gasteiger partial charge is 0.481 e. The quantitative estimate of drug-likeness (QED) is 0.708. The minimum atomic E-state index is -0.833. The highest BCUT2D eigenvalue weighted by Gasteiger charge is 2.07. The van der Waals surface area contributed by atoms with Crippen molar-refractivity contribution in [2.24, 2.45) is 0 Å². The van der Waals surface area contributed by atoms with Crippen molar-refractivity contribution in [3.05, 3.63) is 48.7 Å². The van der Waals surface area contributed by atoms with Crippen LogP contribution in [-0.4, -0.2) is 16.1 Å². The summed E-state index contributed by atoms with van der Waals surface area (Å²) in [7, 11) is 0. The highest BCUT2D eigenvalue weighted by molar-refractivity contribution is 5.95. The van der Waals surface area contributed by atoms with E-state index in [-0.39, 0.29) is 6.01 Å². The highest BCUT2D eigenvalue weighted by Crippen LogP contribution is 2.29. The van der Waals surface area contributed by atoms with Gasteiger partial charge in [-0.2, -0.15) is 0 Å². The van der Waals surface area contributed by atoms with Crippen LogP contribution >= 0.6 is 0 Å². The average Bonchev–Trinajstić information content (AvgIpc) is 2.84. The van der Waals surface area contributed by atoms with Gasteiger partial charge >= 0.3 is 0 Å². The van der Waals surface area contributed by atoms with Crippen LogP contribution in [0.1, 0.15) is 6.92 Å². The zero-order chi connectivity index (χ0) is 14.5. The molecular formula is C15H14N2O3. The number of nitrogens with zero attached hydrogens (tertiary/aromatic N) is 1. The van der Waals surface area contributed by atoms with Crippen LogP contribution in [0.3, 0.4) is 0 Å². The van der Waals surface area contributed by atoms with Gasteiger partial charge in [-0.1, -0.05) is 42.5 Å². The normalized spacial score (nSPS) is 9.85. The zero-order valence-corrected chi connectivity index (χ0v) is 10.9. The molecular weight excluding hydrogens is 256 g/mol. The molecule has 0 amide bonds. The number of carboxylic acid groups (broad SMARTS) is 1. The van der Waals surface area contributed by atoms with E-state index < -0.39 is 5.97 Å². The van der Waals surface area contributed by atoms with E-state index in [0.29, 0.717) is 5.76 Å². The van der Waals surface area contributed by atoms with Crippen molar-refractivity contribution in [3.63, 3.8) is 0 Å². The number of hydrogen-bond donors (Lipinski definition) is 2. The Balaban J connectivity index is 0.000000328. The number of carboxylic acids is 1. The molecule has 0 spiro atoms. The fourth-order valence-electron chi connectivity index (χ4n) is 1.85. The van der Waals surface area contributed by atoms with Gasteiger partial charge in [-0.15, -0.1) is 0 Å². The number of benzene rings is 2. The molecule has 5 nitrogen and oxygen atoms in total. The van der Waals surface area contributed by atoms with Crippen molar-refractivity contribution >= 4 is 22.8 Å². The van der Waals surface area contributed by atoms with Crippen molar-refractivity contribution in [1.29, 1.82) is 0 Å². The van der Waals surface area contributed by atoms with E-state index in [0.717, 1.165) is 17.9 Å². The summed E-state index contributed by atoms with van der Waals surface area (Å²) in [5.41, 5.74) is 6.50. The summed E-state index contributed by atoms with van der Waals surface area (Å²) in [4.78, 5) is 12.9. The Morgan fingerprint density at radius 3 is 2.50 bits per heavy atom. The van der Waals surface area contributed by atoms with Crippen molar-refractivity contribution < 1.29 is 14.3 Å². The Bertz CT molecular complexity index is 725. The second-order valence-electron chi connectivity index (χ2n) is 4.11. The molecule has 3 aromatic rings. The van der Waals surface area contributed by atoms with E-state index in [9.17, 15) is 0 Å². The van der Waals surface area contributed by atoms with Crippen molar-refractivity contribution in [2.75, 3.05) is 5.73 Å². The van der Waals surface area contributed by atoms with Crippen LogP contribution < -0.4 is 5.73 Å². The van der Waals surface area contributed by atoms with Crippen LogP contribution in [0, 0.1) is 0 Å². The number of nitrogens with two attached hydrogens (primary N) is 1. The van der Waals surface area contributed by atoms with Crippen LogP contribution in [0.2, 0.25) is 0 Å². The fourth-order valence-corrected chi connectivity index (χ4v) is 1.85. The maximum absolute atomic E-state index is 9.00. The van der Waals surface area contributed by atoms with Gasteiger partial charge in [0.15, 0.2) is 5.76 Å². The van der Waals surface area contributed by atoms with E-state index in [2.05, 4.69) is 23.2 Å². The second-order valence-corrected chi connectivity index (χ2v) is 4.11. The lowest BCUT2D eigenvalue weighted by Gasteiger charge is -2.02. The van der Waals surface area contributed by atoms with Gasteiger partial charge < -0.3 is 15.3 Å². The molecule has 0 aliphatic rings. The standard InChI is InChI=1S/C13H10N2O.C2H4O2/c14-13-15-8-12(16-13)11-7-3-5-9-4-1-2-6-10(9)11;1-2(3)4/h1-8H,(H2,14,15);1H3,(H,3,4). The lowest BCUT2D eigenvalue weighted by Crippen LogP contribution is -1.80. The molecule has 0 bridgehead atoms. The topological polar surface area (TPSA) is 89.3 Å². The summed E-state index contributed by atoms with van der Waals surface area (Å²) in [6.45, 7) is 1.08. The van der Waals surface area contributed by atoms with Crippen LogP contribution in [0.5, 0.6) is 0 Å². The Morgan fingerprint density at radius 1 is 1.20 bits per heavy atom. The number of fused-ring (bicyclic) bond motifs is 1. The minimum absolute atomic E-state index is 0.197. The van der Waals surface area contributed by atoms with Gasteiger partial charge in [-0.05, 0) is 10.8 Å². The number of aliphatic carboxylic acids is 1. The third kappa shape index (κ3) is 3.14. The first kappa shape index (κ1) is 13.6. The first-order valence-corrected chi connectivity index (χ1v) is 5.97. The number of oxazole rings is 1. The van der Waals surface area contributed by atoms with Gasteiger partial charge in [-0.3, -0.25) is 4.79 Å². The predicted molar refractivity (Wildman–Crippen MR) is 77.2 cm³/mol. The Hall–Kier alpha value is -2.82. The maximum atomic E-state index is 9.00. The molecule has 20 heavy (non-hydrogen) atoms. The number of hydrogen-bond acceptors (Lipinski definition) is 4. The van der Waals surface area contributed by atoms with Crippen LogP contribution in [-0.2, 0) is 4.79 Å². The summed E-state index contributed by atoms with van der Waals surface area (Å²) in [6.07, 6.45) is 1.65. The summed E-state index contributed by atoms with van der Waals surface area (Å²) in [5, 5.41) is 9.73. The van der Waals surface area contributed by atoms with Crippen molar-refractivity contribution in [2.45, 2.75) is 6.92 Å². The van der Waals surface area contributed by atoms with Gasteiger partial charge in [0.2, 0.25) is 0 Å². The number of nitrogen functional groups attached to an aromatic ring is 1. The van der Waals surface area contributed by atoms with E-state index in [1.165, 1.54) is 5.39 Å². The minimum Gasteiger partial charge on any atom is -0.481 e. The summed E-state index contributed by atoms with van der Waals surface area (Å²) >= 11 is 0. The number of carbonyl (C=O) groups is 1. The predicted octanol–water partition coefficient (Wildman–Crippen LogP) is 3.17. The Kier molecular flexibility index (Phi) is 4.00. The van der Waals surface area contributed by atoms with E-state index in [4.69, 9.17) is 20.1 Å². The molecule has 5 heteroatoms. The van der Waals surface area contributed by atoms with Crippen LogP contribution in [0.4, 0.5) is 6.01 Å². The molecule has 0 unspecified atom stereocenters. The van der Waals surface area contributed by atoms with Gasteiger partial charge in [0, 0.05) is 12.5 Å². The van der Waals surface area contributed by atoms with Gasteiger partial charge in [0.25, 0.3) is 12.0 Å². The fraction of sp³-hybridized carbons (Fsp3) is 0.0667. The number of aromatic nitrogens is 1. The van der Waals surface area contributed by atoms with Gasteiger partial charge in [0.1, 0.15) is 0 Å². The molecule has 0 atom stereocenters. The maximum Gasteiger partial charge on any atom is 0.300 e. The van der Waals surface area contributed by atoms with Crippen molar-refractivity contribution in [1.82, 2.24) is 4.98 Å². The smallest absolute Gasteiger partial charge is 0.300 e. The lowest BCUT2D eigenvalue weighted by molar-refractivity contribution is -0.134. The molecule has 3 rings (SSSR count). The molecule has 1 heterocycles. The summed E-state index contributed by atoms with van der Waals surface area (Å²) in [6, 6.07) is 14.4. The molecule has 1 aromatic heterocycles. The van der Waals surface area contributed by atoms with Crippen molar-refractivity contribution in [3.8, 4) is 11.3 Å². The molecule has 0 saturated carbocycles. The third-order valence-electron chi connectivity index (χ3n) is 2.58. The van der Waals surface area contributed by atoms with E-state index in [1.807, 2.05) is 24.3 Å². The van der Waals surface area contributed by atoms with Gasteiger partial charge in [-0.25, -0.2) is 4.98 Å². The first-order valence-electron chi connectivity index (χ1n) is 5.97. The van der Waals surface area contributed by atoms with Crippen LogP contribution in [0.25, 0.3) is 22.1 Å². The van der Waals surface area contributed by atoms with Gasteiger partial charge in [0.05, 0.1) is 6.20 Å². The molecule has 0 saturated heterocycles. The zero-order valence-electron chi connectivity index (χ0n) is 10.9. The number of rotatable bonds is 1. The number of anilines is 1. The Morgan fingerprint density at radius 2 is 1.85 bits per heavy atom. The SMILES string of the molecule is CC(=O)O.Nc1ncc(-c2cccc3ccccc23)o1. The first-order chi connectivity index (χ1) is 9.58. The average molecular weight is 270 g/mol. The summed E-state index contributed by atoms with van der Waals surface area (Å²) < 4.78 is 5.34. The monoisotopic (exact) mass is 270 g/mol. The van der Waals surface area contributed by atoms with E-state index in [1.54, 1.807) is 6.20 Å². The summed E-state index contributed by atoms with van der Waals surface area (Å²) in [5.74, 6) is -0.130. The molecule has 0 aliphatic carbocycles.